The molecule has 0 heterocycles. The van der Waals surface area contributed by atoms with Crippen molar-refractivity contribution in [2.45, 2.75) is 63.6 Å². The maximum Gasteiger partial charge on any atom is 0.169 e. The molecule has 0 N–H and O–H groups in total. The van der Waals surface area contributed by atoms with Crippen LogP contribution in [0.2, 0.25) is 0 Å². The molecule has 0 radical (unpaired) electrons. The molecule has 3 fully saturated rings. The molecule has 0 unspecified atom stereocenters. The predicted octanol–water partition coefficient (Wildman–Crippen LogP) is 4.46. The van der Waals surface area contributed by atoms with E-state index in [2.05, 4.69) is 29.8 Å². The molecule has 0 aliphatic heterocycles. The minimum absolute atomic E-state index is 0.0153. The van der Waals surface area contributed by atoms with Gasteiger partial charge in [0, 0.05) is 11.8 Å². The van der Waals surface area contributed by atoms with Crippen molar-refractivity contribution in [2.24, 2.45) is 28.6 Å². The summed E-state index contributed by atoms with van der Waals surface area (Å²) >= 11 is 3.60. The van der Waals surface area contributed by atoms with Gasteiger partial charge in [0.05, 0.1) is 4.83 Å². The van der Waals surface area contributed by atoms with E-state index in [4.69, 9.17) is 0 Å². The van der Waals surface area contributed by atoms with Crippen LogP contribution >= 0.6 is 15.9 Å². The molecule has 120 valence electrons. The maximum atomic E-state index is 12.4. The van der Waals surface area contributed by atoms with E-state index in [1.807, 2.05) is 6.08 Å². The first-order chi connectivity index (χ1) is 10.4. The number of hydrogen-bond acceptors (Lipinski definition) is 2. The van der Waals surface area contributed by atoms with Gasteiger partial charge in [-0.15, -0.1) is 0 Å². The maximum absolute atomic E-state index is 12.4. The van der Waals surface area contributed by atoms with Gasteiger partial charge in [-0.1, -0.05) is 35.4 Å². The Kier molecular flexibility index (Phi) is 3.28. The number of allylic oxidation sites excluding steroid dienone is 1. The van der Waals surface area contributed by atoms with Crippen molar-refractivity contribution in [3.05, 3.63) is 11.6 Å². The topological polar surface area (TPSA) is 34.1 Å². The highest BCUT2D eigenvalue weighted by Crippen LogP contribution is 2.64. The summed E-state index contributed by atoms with van der Waals surface area (Å²) in [4.78, 5) is 24.4. The van der Waals surface area contributed by atoms with E-state index in [1.54, 1.807) is 0 Å². The smallest absolute Gasteiger partial charge is 0.169 e. The third-order valence-corrected chi connectivity index (χ3v) is 8.45. The Morgan fingerprint density at radius 1 is 1.05 bits per heavy atom. The van der Waals surface area contributed by atoms with Gasteiger partial charge in [-0.05, 0) is 67.8 Å². The number of hydrogen-bond donors (Lipinski definition) is 0. The number of ketones is 2. The quantitative estimate of drug-likeness (QED) is 0.594. The lowest BCUT2D eigenvalue weighted by molar-refractivity contribution is -0.132. The van der Waals surface area contributed by atoms with Crippen LogP contribution in [-0.4, -0.2) is 16.4 Å². The average Bonchev–Trinajstić information content (AvgIpc) is 2.77. The minimum atomic E-state index is -0.0446. The molecule has 3 heteroatoms. The molecule has 0 bridgehead atoms. The fourth-order valence-electron chi connectivity index (χ4n) is 6.35. The summed E-state index contributed by atoms with van der Waals surface area (Å²) in [7, 11) is 0. The highest BCUT2D eigenvalue weighted by atomic mass is 79.9. The largest absolute Gasteiger partial charge is 0.299 e. The Balaban J connectivity index is 1.71. The lowest BCUT2D eigenvalue weighted by Crippen LogP contribution is -2.51. The predicted molar refractivity (Wildman–Crippen MR) is 89.8 cm³/mol. The van der Waals surface area contributed by atoms with Crippen molar-refractivity contribution in [3.8, 4) is 0 Å². The first kappa shape index (κ1) is 15.1. The van der Waals surface area contributed by atoms with Crippen LogP contribution in [0.3, 0.4) is 0 Å². The highest BCUT2D eigenvalue weighted by Gasteiger charge is 2.59. The summed E-state index contributed by atoms with van der Waals surface area (Å²) in [5, 5.41) is 0. The molecule has 22 heavy (non-hydrogen) atoms. The van der Waals surface area contributed by atoms with Crippen LogP contribution in [0.25, 0.3) is 0 Å². The van der Waals surface area contributed by atoms with Crippen molar-refractivity contribution >= 4 is 27.5 Å². The second-order valence-corrected chi connectivity index (χ2v) is 9.60. The van der Waals surface area contributed by atoms with Gasteiger partial charge in [-0.3, -0.25) is 9.59 Å². The van der Waals surface area contributed by atoms with Crippen LogP contribution < -0.4 is 0 Å². The van der Waals surface area contributed by atoms with Crippen molar-refractivity contribution in [1.29, 1.82) is 0 Å². The number of Topliss-reactive ketones (excluding diaryl/α,β-unsaturated/α-hetero) is 1. The average molecular weight is 365 g/mol. The number of halogens is 1. The summed E-state index contributed by atoms with van der Waals surface area (Å²) in [6.45, 7) is 4.62. The van der Waals surface area contributed by atoms with Gasteiger partial charge in [-0.2, -0.15) is 0 Å². The fourth-order valence-corrected chi connectivity index (χ4v) is 7.16. The zero-order valence-electron chi connectivity index (χ0n) is 13.5. The van der Waals surface area contributed by atoms with Crippen LogP contribution in [-0.2, 0) is 9.59 Å². The molecule has 2 nitrogen and oxygen atoms in total. The molecule has 3 saturated carbocycles. The first-order valence-electron chi connectivity index (χ1n) is 8.78. The number of alkyl halides is 1. The van der Waals surface area contributed by atoms with E-state index in [0.29, 0.717) is 23.5 Å². The van der Waals surface area contributed by atoms with Crippen LogP contribution in [0.5, 0.6) is 0 Å². The third kappa shape index (κ3) is 1.84. The molecular formula is C19H25BrO2. The van der Waals surface area contributed by atoms with E-state index in [9.17, 15) is 9.59 Å². The molecule has 4 rings (SSSR count). The molecule has 6 atom stereocenters. The van der Waals surface area contributed by atoms with Crippen LogP contribution in [0.1, 0.15) is 58.8 Å². The second-order valence-electron chi connectivity index (χ2n) is 8.49. The van der Waals surface area contributed by atoms with Crippen LogP contribution in [0.4, 0.5) is 0 Å². The molecule has 0 spiro atoms. The van der Waals surface area contributed by atoms with E-state index in [1.165, 1.54) is 12.0 Å². The molecule has 0 saturated heterocycles. The van der Waals surface area contributed by atoms with E-state index >= 15 is 0 Å². The molecule has 0 aromatic rings. The molecule has 4 aliphatic carbocycles. The lowest BCUT2D eigenvalue weighted by Gasteiger charge is -2.57. The van der Waals surface area contributed by atoms with E-state index in [-0.39, 0.29) is 21.4 Å². The van der Waals surface area contributed by atoms with Gasteiger partial charge in [0.15, 0.2) is 5.78 Å². The SMILES string of the molecule is C[C@]12C[C@H](Br)C(=O)C=C1CC[C@@H]1[C@@H]2CC[C@]2(C)C(=O)CC[C@@H]12. The Labute approximate surface area is 141 Å². The number of fused-ring (bicyclic) bond motifs is 5. The normalized spacial score (nSPS) is 51.0. The Morgan fingerprint density at radius 2 is 1.77 bits per heavy atom. The van der Waals surface area contributed by atoms with Gasteiger partial charge in [0.1, 0.15) is 5.78 Å². The van der Waals surface area contributed by atoms with Crippen molar-refractivity contribution < 1.29 is 9.59 Å². The number of carbonyl (C=O) groups is 2. The number of rotatable bonds is 0. The molecule has 4 aliphatic rings. The summed E-state index contributed by atoms with van der Waals surface area (Å²) in [5.74, 6) is 2.69. The zero-order chi connectivity index (χ0) is 15.7. The standard InChI is InChI=1S/C19H25BrO2/c1-18-8-7-14-12(13(18)5-6-17(18)22)4-3-11-9-16(21)15(20)10-19(11,14)2/h9,12-15H,3-8,10H2,1-2H3/t12-,13-,14-,15-,18-,19-/m0/s1. The van der Waals surface area contributed by atoms with Crippen molar-refractivity contribution in [3.63, 3.8) is 0 Å². The second kappa shape index (κ2) is 4.78. The fraction of sp³-hybridized carbons (Fsp3) is 0.789. The monoisotopic (exact) mass is 364 g/mol. The molecule has 0 aromatic carbocycles. The van der Waals surface area contributed by atoms with Gasteiger partial charge in [0.25, 0.3) is 0 Å². The van der Waals surface area contributed by atoms with Gasteiger partial charge in [-0.25, -0.2) is 0 Å². The van der Waals surface area contributed by atoms with Gasteiger partial charge >= 0.3 is 0 Å². The van der Waals surface area contributed by atoms with Crippen LogP contribution in [0, 0.1) is 28.6 Å². The number of carbonyl (C=O) groups excluding carboxylic acids is 2. The minimum Gasteiger partial charge on any atom is -0.299 e. The Morgan fingerprint density at radius 3 is 2.55 bits per heavy atom. The lowest BCUT2D eigenvalue weighted by atomic mass is 9.47. The molecule has 0 amide bonds. The van der Waals surface area contributed by atoms with Crippen LogP contribution in [0.15, 0.2) is 11.6 Å². The summed E-state index contributed by atoms with van der Waals surface area (Å²) in [6, 6.07) is 0. The zero-order valence-corrected chi connectivity index (χ0v) is 15.1. The van der Waals surface area contributed by atoms with E-state index < -0.39 is 0 Å². The highest BCUT2D eigenvalue weighted by molar-refractivity contribution is 9.10. The summed E-state index contributed by atoms with van der Waals surface area (Å²) in [5.41, 5.74) is 1.51. The Bertz CT molecular complexity index is 580. The van der Waals surface area contributed by atoms with Gasteiger partial charge in [0.2, 0.25) is 0 Å². The van der Waals surface area contributed by atoms with E-state index in [0.717, 1.165) is 38.5 Å². The van der Waals surface area contributed by atoms with Crippen molar-refractivity contribution in [2.75, 3.05) is 0 Å². The molecule has 0 aromatic heterocycles. The van der Waals surface area contributed by atoms with Crippen molar-refractivity contribution in [1.82, 2.24) is 0 Å². The van der Waals surface area contributed by atoms with Gasteiger partial charge < -0.3 is 0 Å². The third-order valence-electron chi connectivity index (χ3n) is 7.67. The summed E-state index contributed by atoms with van der Waals surface area (Å²) in [6.07, 6.45) is 9.23. The summed E-state index contributed by atoms with van der Waals surface area (Å²) < 4.78 is 0. The Hall–Kier alpha value is -0.440. The first-order valence-corrected chi connectivity index (χ1v) is 9.70. The molecular weight excluding hydrogens is 340 g/mol.